The van der Waals surface area contributed by atoms with Crippen LogP contribution in [0.4, 0.5) is 0 Å². The topological polar surface area (TPSA) is 12.0 Å². The van der Waals surface area contributed by atoms with E-state index in [-0.39, 0.29) is 0 Å². The lowest BCUT2D eigenvalue weighted by Crippen LogP contribution is -2.24. The van der Waals surface area contributed by atoms with Gasteiger partial charge < -0.3 is 5.32 Å². The molecule has 104 valence electrons. The van der Waals surface area contributed by atoms with Crippen molar-refractivity contribution in [1.29, 1.82) is 0 Å². The molecular weight excluding hydrogens is 398 g/mol. The molecule has 3 rings (SSSR count). The number of thioether (sulfide) groups is 1. The molecule has 0 saturated carbocycles. The summed E-state index contributed by atoms with van der Waals surface area (Å²) in [6.07, 6.45) is 1.19. The summed E-state index contributed by atoms with van der Waals surface area (Å²) in [5.41, 5.74) is 2.75. The van der Waals surface area contributed by atoms with E-state index in [1.54, 1.807) is 0 Å². The Balaban J connectivity index is 1.71. The van der Waals surface area contributed by atoms with Gasteiger partial charge in [-0.3, -0.25) is 0 Å². The van der Waals surface area contributed by atoms with Crippen LogP contribution >= 0.6 is 43.6 Å². The summed E-state index contributed by atoms with van der Waals surface area (Å²) in [6.45, 7) is 0.898. The molecule has 0 aliphatic carbocycles. The van der Waals surface area contributed by atoms with Gasteiger partial charge in [-0.25, -0.2) is 0 Å². The summed E-state index contributed by atoms with van der Waals surface area (Å²) in [5.74, 6) is 1.19. The third-order valence-corrected chi connectivity index (χ3v) is 6.50. The van der Waals surface area contributed by atoms with Crippen LogP contribution in [0, 0.1) is 0 Å². The maximum absolute atomic E-state index is 3.69. The van der Waals surface area contributed by atoms with Crippen molar-refractivity contribution >= 4 is 43.6 Å². The molecule has 0 fully saturated rings. The van der Waals surface area contributed by atoms with E-state index in [2.05, 4.69) is 79.6 Å². The second-order valence-electron chi connectivity index (χ2n) is 4.86. The van der Waals surface area contributed by atoms with Gasteiger partial charge in [-0.1, -0.05) is 24.3 Å². The SMILES string of the molecule is Brc1ccc(CNC2CCSc3ccccc32)cc1Br. The fourth-order valence-electron chi connectivity index (χ4n) is 2.44. The van der Waals surface area contributed by atoms with Gasteiger partial charge in [-0.05, 0) is 73.4 Å². The highest BCUT2D eigenvalue weighted by Gasteiger charge is 2.19. The van der Waals surface area contributed by atoms with Crippen molar-refractivity contribution in [1.82, 2.24) is 5.32 Å². The molecule has 1 unspecified atom stereocenters. The Morgan fingerprint density at radius 3 is 2.80 bits per heavy atom. The standard InChI is InChI=1S/C16H15Br2NS/c17-13-6-5-11(9-14(13)18)10-19-15-7-8-20-16-4-2-1-3-12(15)16/h1-6,9,15,19H,7-8,10H2. The zero-order chi connectivity index (χ0) is 13.9. The van der Waals surface area contributed by atoms with Gasteiger partial charge in [0.15, 0.2) is 0 Å². The minimum absolute atomic E-state index is 0.467. The molecule has 4 heteroatoms. The van der Waals surface area contributed by atoms with Gasteiger partial charge in [-0.15, -0.1) is 11.8 Å². The van der Waals surface area contributed by atoms with E-state index in [1.807, 2.05) is 11.8 Å². The highest BCUT2D eigenvalue weighted by atomic mass is 79.9. The van der Waals surface area contributed by atoms with E-state index in [1.165, 1.54) is 28.2 Å². The highest BCUT2D eigenvalue weighted by molar-refractivity contribution is 9.13. The van der Waals surface area contributed by atoms with Crippen LogP contribution < -0.4 is 5.32 Å². The molecule has 1 N–H and O–H groups in total. The molecule has 0 saturated heterocycles. The molecule has 2 aromatic carbocycles. The van der Waals surface area contributed by atoms with Crippen LogP contribution in [0.3, 0.4) is 0 Å². The smallest absolute Gasteiger partial charge is 0.0342 e. The Labute approximate surface area is 140 Å². The molecular formula is C16H15Br2NS. The number of halogens is 2. The second-order valence-corrected chi connectivity index (χ2v) is 7.70. The predicted octanol–water partition coefficient (Wildman–Crippen LogP) is 5.54. The van der Waals surface area contributed by atoms with Crippen molar-refractivity contribution in [3.63, 3.8) is 0 Å². The molecule has 0 bridgehead atoms. The predicted molar refractivity (Wildman–Crippen MR) is 93.2 cm³/mol. The fraction of sp³-hybridized carbons (Fsp3) is 0.250. The van der Waals surface area contributed by atoms with E-state index in [0.29, 0.717) is 6.04 Å². The van der Waals surface area contributed by atoms with Gasteiger partial charge in [0.05, 0.1) is 0 Å². The molecule has 20 heavy (non-hydrogen) atoms. The number of fused-ring (bicyclic) bond motifs is 1. The third-order valence-electron chi connectivity index (χ3n) is 3.50. The third kappa shape index (κ3) is 3.30. The van der Waals surface area contributed by atoms with Crippen molar-refractivity contribution in [2.45, 2.75) is 23.9 Å². The van der Waals surface area contributed by atoms with Crippen molar-refractivity contribution in [2.75, 3.05) is 5.75 Å². The minimum Gasteiger partial charge on any atom is -0.306 e. The van der Waals surface area contributed by atoms with E-state index in [9.17, 15) is 0 Å². The van der Waals surface area contributed by atoms with Crippen LogP contribution in [-0.4, -0.2) is 5.75 Å². The first-order chi connectivity index (χ1) is 9.74. The van der Waals surface area contributed by atoms with Crippen molar-refractivity contribution in [3.05, 3.63) is 62.5 Å². The number of benzene rings is 2. The maximum atomic E-state index is 3.69. The highest BCUT2D eigenvalue weighted by Crippen LogP contribution is 2.36. The van der Waals surface area contributed by atoms with Crippen molar-refractivity contribution in [2.24, 2.45) is 0 Å². The summed E-state index contributed by atoms with van der Waals surface area (Å²) in [7, 11) is 0. The van der Waals surface area contributed by atoms with Gasteiger partial charge >= 0.3 is 0 Å². The average Bonchev–Trinajstić information content (AvgIpc) is 2.48. The summed E-state index contributed by atoms with van der Waals surface area (Å²) in [4.78, 5) is 1.42. The lowest BCUT2D eigenvalue weighted by atomic mass is 10.0. The van der Waals surface area contributed by atoms with E-state index in [4.69, 9.17) is 0 Å². The first-order valence-electron chi connectivity index (χ1n) is 6.63. The van der Waals surface area contributed by atoms with Gasteiger partial charge in [0.1, 0.15) is 0 Å². The van der Waals surface area contributed by atoms with E-state index >= 15 is 0 Å². The lowest BCUT2D eigenvalue weighted by molar-refractivity contribution is 0.510. The molecule has 2 aromatic rings. The summed E-state index contributed by atoms with van der Waals surface area (Å²) >= 11 is 9.03. The Hall–Kier alpha value is -0.290. The number of hydrogen-bond donors (Lipinski definition) is 1. The molecule has 1 nitrogen and oxygen atoms in total. The zero-order valence-corrected chi connectivity index (χ0v) is 14.9. The molecule has 0 amide bonds. The van der Waals surface area contributed by atoms with Crippen LogP contribution in [0.1, 0.15) is 23.6 Å². The quantitative estimate of drug-likeness (QED) is 0.710. The Kier molecular flexibility index (Phi) is 4.87. The van der Waals surface area contributed by atoms with Crippen LogP contribution in [0.25, 0.3) is 0 Å². The van der Waals surface area contributed by atoms with Crippen molar-refractivity contribution in [3.8, 4) is 0 Å². The summed E-state index contributed by atoms with van der Waals surface area (Å²) in [6, 6.07) is 15.6. The first kappa shape index (κ1) is 14.6. The Morgan fingerprint density at radius 1 is 1.10 bits per heavy atom. The number of rotatable bonds is 3. The Morgan fingerprint density at radius 2 is 1.95 bits per heavy atom. The zero-order valence-electron chi connectivity index (χ0n) is 10.9. The molecule has 1 atom stereocenters. The van der Waals surface area contributed by atoms with Gasteiger partial charge in [-0.2, -0.15) is 0 Å². The summed E-state index contributed by atoms with van der Waals surface area (Å²) in [5, 5.41) is 3.69. The minimum atomic E-state index is 0.467. The van der Waals surface area contributed by atoms with Crippen molar-refractivity contribution < 1.29 is 0 Å². The molecule has 1 aliphatic heterocycles. The molecule has 0 radical (unpaired) electrons. The number of hydrogen-bond acceptors (Lipinski definition) is 2. The van der Waals surface area contributed by atoms with Crippen LogP contribution in [0.15, 0.2) is 56.3 Å². The van der Waals surface area contributed by atoms with Gasteiger partial charge in [0.25, 0.3) is 0 Å². The van der Waals surface area contributed by atoms with Crippen LogP contribution in [0.2, 0.25) is 0 Å². The van der Waals surface area contributed by atoms with Gasteiger partial charge in [0.2, 0.25) is 0 Å². The lowest BCUT2D eigenvalue weighted by Gasteiger charge is -2.26. The normalized spacial score (nSPS) is 17.8. The molecule has 1 heterocycles. The second kappa shape index (κ2) is 6.65. The van der Waals surface area contributed by atoms with E-state index < -0.39 is 0 Å². The molecule has 0 spiro atoms. The molecule has 1 aliphatic rings. The molecule has 0 aromatic heterocycles. The number of nitrogens with one attached hydrogen (secondary N) is 1. The fourth-order valence-corrected chi connectivity index (χ4v) is 4.24. The maximum Gasteiger partial charge on any atom is 0.0342 e. The van der Waals surface area contributed by atoms with Gasteiger partial charge in [0, 0.05) is 26.4 Å². The Bertz CT molecular complexity index is 615. The average molecular weight is 413 g/mol. The monoisotopic (exact) mass is 411 g/mol. The van der Waals surface area contributed by atoms with E-state index in [0.717, 1.165) is 15.5 Å². The first-order valence-corrected chi connectivity index (χ1v) is 9.20. The summed E-state index contributed by atoms with van der Waals surface area (Å²) < 4.78 is 2.21. The van der Waals surface area contributed by atoms with Crippen LogP contribution in [0.5, 0.6) is 0 Å². The van der Waals surface area contributed by atoms with Crippen LogP contribution in [-0.2, 0) is 6.54 Å². The largest absolute Gasteiger partial charge is 0.306 e.